The minimum absolute atomic E-state index is 0.632. The van der Waals surface area contributed by atoms with Gasteiger partial charge in [-0.15, -0.1) is 0 Å². The van der Waals surface area contributed by atoms with Crippen molar-refractivity contribution in [1.82, 2.24) is 9.97 Å². The second-order valence-electron chi connectivity index (χ2n) is 4.33. The number of rotatable bonds is 3. The van der Waals surface area contributed by atoms with Gasteiger partial charge in [0.2, 0.25) is 0 Å². The number of benzene rings is 1. The summed E-state index contributed by atoms with van der Waals surface area (Å²) < 4.78 is 0.950. The average molecular weight is 349 g/mol. The molecule has 2 heterocycles. The third-order valence-corrected chi connectivity index (χ3v) is 3.63. The molecule has 0 unspecified atom stereocenters. The van der Waals surface area contributed by atoms with Crippen LogP contribution in [0, 0.1) is 0 Å². The summed E-state index contributed by atoms with van der Waals surface area (Å²) in [6.45, 7) is 0.632. The van der Waals surface area contributed by atoms with Crippen molar-refractivity contribution >= 4 is 44.3 Å². The molecular formula is C15H11BrClN3. The molecule has 0 spiro atoms. The van der Waals surface area contributed by atoms with Gasteiger partial charge in [-0.1, -0.05) is 33.6 Å². The van der Waals surface area contributed by atoms with Crippen molar-refractivity contribution in [1.29, 1.82) is 0 Å². The Kier molecular flexibility index (Phi) is 3.85. The lowest BCUT2D eigenvalue weighted by molar-refractivity contribution is 1.03. The van der Waals surface area contributed by atoms with E-state index in [1.807, 2.05) is 42.5 Å². The van der Waals surface area contributed by atoms with E-state index in [0.717, 1.165) is 26.9 Å². The summed E-state index contributed by atoms with van der Waals surface area (Å²) in [6.07, 6.45) is 1.78. The lowest BCUT2D eigenvalue weighted by atomic mass is 10.2. The molecule has 3 rings (SSSR count). The normalized spacial score (nSPS) is 10.7. The second-order valence-corrected chi connectivity index (χ2v) is 5.65. The van der Waals surface area contributed by atoms with Crippen molar-refractivity contribution in [3.63, 3.8) is 0 Å². The highest BCUT2D eigenvalue weighted by atomic mass is 79.9. The fourth-order valence-corrected chi connectivity index (χ4v) is 2.82. The highest BCUT2D eigenvalue weighted by Crippen LogP contribution is 2.27. The van der Waals surface area contributed by atoms with E-state index >= 15 is 0 Å². The lowest BCUT2D eigenvalue weighted by Crippen LogP contribution is -2.02. The predicted octanol–water partition coefficient (Wildman–Crippen LogP) is 4.66. The van der Waals surface area contributed by atoms with Crippen molar-refractivity contribution < 1.29 is 0 Å². The Bertz CT molecular complexity index is 747. The maximum absolute atomic E-state index is 6.22. The molecule has 20 heavy (non-hydrogen) atoms. The summed E-state index contributed by atoms with van der Waals surface area (Å²) in [6, 6.07) is 13.6. The van der Waals surface area contributed by atoms with E-state index in [1.165, 1.54) is 0 Å². The van der Waals surface area contributed by atoms with E-state index in [0.29, 0.717) is 11.6 Å². The Labute approximate surface area is 130 Å². The summed E-state index contributed by atoms with van der Waals surface area (Å²) in [5, 5.41) is 4.89. The smallest absolute Gasteiger partial charge is 0.127 e. The van der Waals surface area contributed by atoms with E-state index < -0.39 is 0 Å². The molecule has 100 valence electrons. The molecule has 0 aliphatic rings. The Morgan fingerprint density at radius 3 is 2.85 bits per heavy atom. The fraction of sp³-hybridized carbons (Fsp3) is 0.0667. The standard InChI is InChI=1S/C15H11BrClN3/c16-11-7-10-4-5-14(20-15(10)13(17)8-11)19-9-12-3-1-2-6-18-12/h1-8H,9H2,(H,19,20). The van der Waals surface area contributed by atoms with Crippen LogP contribution in [0.2, 0.25) is 5.02 Å². The first kappa shape index (κ1) is 13.3. The van der Waals surface area contributed by atoms with Gasteiger partial charge < -0.3 is 5.32 Å². The van der Waals surface area contributed by atoms with Crippen LogP contribution in [0.1, 0.15) is 5.69 Å². The highest BCUT2D eigenvalue weighted by Gasteiger charge is 2.04. The van der Waals surface area contributed by atoms with Crippen LogP contribution in [-0.2, 0) is 6.54 Å². The van der Waals surface area contributed by atoms with Gasteiger partial charge in [0.05, 0.1) is 22.8 Å². The van der Waals surface area contributed by atoms with Crippen LogP contribution in [0.15, 0.2) is 53.1 Å². The minimum atomic E-state index is 0.632. The Morgan fingerprint density at radius 2 is 2.05 bits per heavy atom. The zero-order chi connectivity index (χ0) is 13.9. The van der Waals surface area contributed by atoms with Crippen LogP contribution in [0.5, 0.6) is 0 Å². The SMILES string of the molecule is Clc1cc(Br)cc2ccc(NCc3ccccn3)nc12. The molecule has 0 bridgehead atoms. The molecule has 0 fully saturated rings. The fourth-order valence-electron chi connectivity index (χ4n) is 1.94. The summed E-state index contributed by atoms with van der Waals surface area (Å²) in [7, 11) is 0. The zero-order valence-electron chi connectivity index (χ0n) is 10.5. The van der Waals surface area contributed by atoms with Gasteiger partial charge in [-0.2, -0.15) is 0 Å². The van der Waals surface area contributed by atoms with Gasteiger partial charge >= 0.3 is 0 Å². The van der Waals surface area contributed by atoms with Crippen molar-refractivity contribution in [2.75, 3.05) is 5.32 Å². The summed E-state index contributed by atoms with van der Waals surface area (Å²) in [4.78, 5) is 8.80. The van der Waals surface area contributed by atoms with E-state index in [1.54, 1.807) is 6.20 Å². The Hall–Kier alpha value is -1.65. The first-order valence-corrected chi connectivity index (χ1v) is 7.29. The third kappa shape index (κ3) is 2.92. The van der Waals surface area contributed by atoms with E-state index in [-0.39, 0.29) is 0 Å². The number of anilines is 1. The maximum atomic E-state index is 6.22. The van der Waals surface area contributed by atoms with E-state index in [9.17, 15) is 0 Å². The van der Waals surface area contributed by atoms with Crippen molar-refractivity contribution in [2.45, 2.75) is 6.54 Å². The number of hydrogen-bond acceptors (Lipinski definition) is 3. The molecule has 0 atom stereocenters. The topological polar surface area (TPSA) is 37.8 Å². The number of aromatic nitrogens is 2. The monoisotopic (exact) mass is 347 g/mol. The van der Waals surface area contributed by atoms with Gasteiger partial charge in [-0.25, -0.2) is 4.98 Å². The van der Waals surface area contributed by atoms with Crippen molar-refractivity contribution in [3.8, 4) is 0 Å². The minimum Gasteiger partial charge on any atom is -0.364 e. The first-order chi connectivity index (χ1) is 9.72. The lowest BCUT2D eigenvalue weighted by Gasteiger charge is -2.07. The van der Waals surface area contributed by atoms with Gasteiger partial charge in [0, 0.05) is 16.1 Å². The van der Waals surface area contributed by atoms with Crippen LogP contribution in [0.25, 0.3) is 10.9 Å². The molecule has 0 amide bonds. The number of hydrogen-bond donors (Lipinski definition) is 1. The first-order valence-electron chi connectivity index (χ1n) is 6.12. The highest BCUT2D eigenvalue weighted by molar-refractivity contribution is 9.10. The number of halogens is 2. The summed E-state index contributed by atoms with van der Waals surface area (Å²) in [5.41, 5.74) is 1.76. The third-order valence-electron chi connectivity index (χ3n) is 2.89. The number of nitrogens with one attached hydrogen (secondary N) is 1. The molecule has 0 saturated heterocycles. The molecular weight excluding hydrogens is 338 g/mol. The van der Waals surface area contributed by atoms with E-state index in [2.05, 4.69) is 31.2 Å². The van der Waals surface area contributed by atoms with E-state index in [4.69, 9.17) is 11.6 Å². The van der Waals surface area contributed by atoms with Crippen LogP contribution in [0.3, 0.4) is 0 Å². The molecule has 0 aliphatic heterocycles. The number of nitrogens with zero attached hydrogens (tertiary/aromatic N) is 2. The van der Waals surface area contributed by atoms with Crippen LogP contribution in [0.4, 0.5) is 5.82 Å². The number of fused-ring (bicyclic) bond motifs is 1. The molecule has 0 aliphatic carbocycles. The molecule has 1 aromatic carbocycles. The summed E-state index contributed by atoms with van der Waals surface area (Å²) in [5.74, 6) is 0.785. The Balaban J connectivity index is 1.86. The number of pyridine rings is 2. The second kappa shape index (κ2) is 5.77. The molecule has 0 saturated carbocycles. The molecule has 5 heteroatoms. The van der Waals surface area contributed by atoms with Crippen molar-refractivity contribution in [2.24, 2.45) is 0 Å². The van der Waals surface area contributed by atoms with Gasteiger partial charge in [-0.05, 0) is 36.4 Å². The van der Waals surface area contributed by atoms with Gasteiger partial charge in [0.1, 0.15) is 5.82 Å². The molecule has 0 radical (unpaired) electrons. The van der Waals surface area contributed by atoms with Crippen molar-refractivity contribution in [3.05, 3.63) is 63.9 Å². The van der Waals surface area contributed by atoms with Crippen LogP contribution in [-0.4, -0.2) is 9.97 Å². The zero-order valence-corrected chi connectivity index (χ0v) is 12.8. The quantitative estimate of drug-likeness (QED) is 0.748. The Morgan fingerprint density at radius 1 is 1.15 bits per heavy atom. The predicted molar refractivity (Wildman–Crippen MR) is 86.0 cm³/mol. The van der Waals surface area contributed by atoms with Gasteiger partial charge in [0.25, 0.3) is 0 Å². The summed E-state index contributed by atoms with van der Waals surface area (Å²) >= 11 is 9.65. The molecule has 3 nitrogen and oxygen atoms in total. The maximum Gasteiger partial charge on any atom is 0.127 e. The van der Waals surface area contributed by atoms with Crippen LogP contribution >= 0.6 is 27.5 Å². The van der Waals surface area contributed by atoms with Crippen LogP contribution < -0.4 is 5.32 Å². The molecule has 1 N–H and O–H groups in total. The van der Waals surface area contributed by atoms with Gasteiger partial charge in [0.15, 0.2) is 0 Å². The molecule has 3 aromatic rings. The average Bonchev–Trinajstić information content (AvgIpc) is 2.46. The molecule has 2 aromatic heterocycles. The van der Waals surface area contributed by atoms with Gasteiger partial charge in [-0.3, -0.25) is 4.98 Å². The largest absolute Gasteiger partial charge is 0.364 e.